The topological polar surface area (TPSA) is 58.2 Å². The van der Waals surface area contributed by atoms with Crippen molar-refractivity contribution in [1.29, 1.82) is 0 Å². The van der Waals surface area contributed by atoms with E-state index < -0.39 is 0 Å². The van der Waals surface area contributed by atoms with E-state index in [9.17, 15) is 9.59 Å². The largest absolute Gasteiger partial charge is 0.322 e. The molecule has 0 radical (unpaired) electrons. The van der Waals surface area contributed by atoms with Gasteiger partial charge in [0.05, 0.1) is 0 Å². The Morgan fingerprint density at radius 2 is 0.781 bits per heavy atom. The van der Waals surface area contributed by atoms with Crippen molar-refractivity contribution in [3.05, 3.63) is 95.1 Å². The van der Waals surface area contributed by atoms with Crippen LogP contribution in [0.15, 0.2) is 72.8 Å². The van der Waals surface area contributed by atoms with Gasteiger partial charge < -0.3 is 10.6 Å². The molecule has 32 heavy (non-hydrogen) atoms. The van der Waals surface area contributed by atoms with Crippen molar-refractivity contribution < 1.29 is 9.59 Å². The van der Waals surface area contributed by atoms with Gasteiger partial charge in [0.15, 0.2) is 0 Å². The minimum atomic E-state index is -0.166. The zero-order valence-electron chi connectivity index (χ0n) is 19.7. The molecule has 0 spiro atoms. The van der Waals surface area contributed by atoms with Gasteiger partial charge in [-0.05, 0) is 70.5 Å². The maximum Gasteiger partial charge on any atom is 0.255 e. The highest BCUT2D eigenvalue weighted by Crippen LogP contribution is 2.24. The van der Waals surface area contributed by atoms with Gasteiger partial charge in [-0.3, -0.25) is 9.59 Å². The lowest BCUT2D eigenvalue weighted by Gasteiger charge is -2.19. The van der Waals surface area contributed by atoms with Crippen LogP contribution in [0.3, 0.4) is 0 Å². The van der Waals surface area contributed by atoms with Crippen molar-refractivity contribution in [1.82, 2.24) is 0 Å². The first kappa shape index (κ1) is 23.3. The Bertz CT molecular complexity index is 992. The molecule has 0 heterocycles. The summed E-state index contributed by atoms with van der Waals surface area (Å²) >= 11 is 0. The predicted octanol–water partition coefficient (Wildman–Crippen LogP) is 6.79. The smallest absolute Gasteiger partial charge is 0.255 e. The lowest BCUT2D eigenvalue weighted by molar-refractivity contribution is 0.101. The van der Waals surface area contributed by atoms with Gasteiger partial charge in [-0.1, -0.05) is 65.8 Å². The molecule has 2 N–H and O–H groups in total. The third-order valence-electron chi connectivity index (χ3n) is 5.43. The molecular formula is C28H32N2O2. The van der Waals surface area contributed by atoms with Crippen LogP contribution in [0.5, 0.6) is 0 Å². The fourth-order valence-electron chi connectivity index (χ4n) is 3.29. The van der Waals surface area contributed by atoms with Crippen molar-refractivity contribution in [2.75, 3.05) is 10.6 Å². The monoisotopic (exact) mass is 428 g/mol. The molecule has 0 saturated heterocycles. The van der Waals surface area contributed by atoms with E-state index in [1.807, 2.05) is 48.5 Å². The number of hydrogen-bond acceptors (Lipinski definition) is 2. The van der Waals surface area contributed by atoms with Gasteiger partial charge in [-0.2, -0.15) is 0 Å². The SMILES string of the molecule is CC(C)(C)c1ccc(C(=O)Nc2ccc(NC(=O)c3ccc(C(C)(C)C)cc3)cc2)cc1. The Balaban J connectivity index is 1.61. The third-order valence-corrected chi connectivity index (χ3v) is 5.43. The molecule has 0 unspecified atom stereocenters. The number of anilines is 2. The summed E-state index contributed by atoms with van der Waals surface area (Å²) in [6, 6.07) is 22.4. The van der Waals surface area contributed by atoms with Crippen LogP contribution in [0.25, 0.3) is 0 Å². The Morgan fingerprint density at radius 1 is 0.500 bits per heavy atom. The summed E-state index contributed by atoms with van der Waals surface area (Å²) in [5, 5.41) is 5.79. The summed E-state index contributed by atoms with van der Waals surface area (Å²) in [5.41, 5.74) is 5.01. The number of nitrogens with one attached hydrogen (secondary N) is 2. The molecule has 3 rings (SSSR count). The van der Waals surface area contributed by atoms with Crippen molar-refractivity contribution in [2.45, 2.75) is 52.4 Å². The fraction of sp³-hybridized carbons (Fsp3) is 0.286. The number of carbonyl (C=O) groups excluding carboxylic acids is 2. The molecule has 3 aromatic carbocycles. The summed E-state index contributed by atoms with van der Waals surface area (Å²) in [4.78, 5) is 25.1. The maximum absolute atomic E-state index is 12.5. The van der Waals surface area contributed by atoms with Gasteiger partial charge in [0.2, 0.25) is 0 Å². The molecule has 2 amide bonds. The number of amides is 2. The van der Waals surface area contributed by atoms with Crippen LogP contribution >= 0.6 is 0 Å². The van der Waals surface area contributed by atoms with E-state index in [0.717, 1.165) is 0 Å². The quantitative estimate of drug-likeness (QED) is 0.481. The van der Waals surface area contributed by atoms with Gasteiger partial charge in [0.1, 0.15) is 0 Å². The molecular weight excluding hydrogens is 396 g/mol. The van der Waals surface area contributed by atoms with Crippen molar-refractivity contribution in [3.8, 4) is 0 Å². The standard InChI is InChI=1S/C28H32N2O2/c1-27(2,3)21-11-7-19(8-12-21)25(31)29-23-15-17-24(18-16-23)30-26(32)20-9-13-22(14-10-20)28(4,5)6/h7-18H,1-6H3,(H,29,31)(H,30,32). The number of benzene rings is 3. The summed E-state index contributed by atoms with van der Waals surface area (Å²) in [6.45, 7) is 12.9. The van der Waals surface area contributed by atoms with Crippen molar-refractivity contribution in [2.24, 2.45) is 0 Å². The first-order valence-corrected chi connectivity index (χ1v) is 10.9. The Labute approximate surface area is 191 Å². The molecule has 0 aliphatic rings. The molecule has 0 atom stereocenters. The Kier molecular flexibility index (Phi) is 6.54. The van der Waals surface area contributed by atoms with Gasteiger partial charge in [-0.15, -0.1) is 0 Å². The lowest BCUT2D eigenvalue weighted by Crippen LogP contribution is -2.15. The van der Waals surface area contributed by atoms with Gasteiger partial charge in [0.25, 0.3) is 11.8 Å². The molecule has 166 valence electrons. The number of carbonyl (C=O) groups is 2. The highest BCUT2D eigenvalue weighted by atomic mass is 16.2. The van der Waals surface area contributed by atoms with Crippen LogP contribution < -0.4 is 10.6 Å². The molecule has 0 aliphatic heterocycles. The second-order valence-electron chi connectivity index (χ2n) is 10.1. The first-order chi connectivity index (χ1) is 14.9. The molecule has 4 nitrogen and oxygen atoms in total. The molecule has 0 saturated carbocycles. The molecule has 0 aromatic heterocycles. The Morgan fingerprint density at radius 3 is 1.03 bits per heavy atom. The predicted molar refractivity (Wildman–Crippen MR) is 133 cm³/mol. The summed E-state index contributed by atoms with van der Waals surface area (Å²) in [7, 11) is 0. The molecule has 0 aliphatic carbocycles. The van der Waals surface area contributed by atoms with Crippen LogP contribution in [-0.4, -0.2) is 11.8 Å². The average molecular weight is 429 g/mol. The first-order valence-electron chi connectivity index (χ1n) is 10.9. The Hall–Kier alpha value is -3.40. The number of rotatable bonds is 4. The van der Waals surface area contributed by atoms with E-state index in [2.05, 4.69) is 52.2 Å². The van der Waals surface area contributed by atoms with Crippen LogP contribution in [0.2, 0.25) is 0 Å². The molecule has 3 aromatic rings. The maximum atomic E-state index is 12.5. The van der Waals surface area contributed by atoms with E-state index in [-0.39, 0.29) is 22.6 Å². The van der Waals surface area contributed by atoms with E-state index in [1.165, 1.54) is 11.1 Å². The number of hydrogen-bond donors (Lipinski definition) is 2. The average Bonchev–Trinajstić information content (AvgIpc) is 2.74. The highest BCUT2D eigenvalue weighted by molar-refractivity contribution is 6.05. The van der Waals surface area contributed by atoms with E-state index in [4.69, 9.17) is 0 Å². The second-order valence-corrected chi connectivity index (χ2v) is 10.1. The molecule has 0 fully saturated rings. The lowest BCUT2D eigenvalue weighted by atomic mass is 9.86. The van der Waals surface area contributed by atoms with E-state index in [1.54, 1.807) is 24.3 Å². The zero-order chi connectivity index (χ0) is 23.5. The van der Waals surface area contributed by atoms with Gasteiger partial charge in [-0.25, -0.2) is 0 Å². The van der Waals surface area contributed by atoms with Crippen molar-refractivity contribution >= 4 is 23.2 Å². The fourth-order valence-corrected chi connectivity index (χ4v) is 3.29. The third kappa shape index (κ3) is 5.85. The summed E-state index contributed by atoms with van der Waals surface area (Å²) in [6.07, 6.45) is 0. The molecule has 0 bridgehead atoms. The van der Waals surface area contributed by atoms with Gasteiger partial charge in [0, 0.05) is 22.5 Å². The summed E-state index contributed by atoms with van der Waals surface area (Å²) in [5.74, 6) is -0.331. The van der Waals surface area contributed by atoms with Crippen molar-refractivity contribution in [3.63, 3.8) is 0 Å². The van der Waals surface area contributed by atoms with Gasteiger partial charge >= 0.3 is 0 Å². The highest BCUT2D eigenvalue weighted by Gasteiger charge is 2.15. The second kappa shape index (κ2) is 8.99. The summed E-state index contributed by atoms with van der Waals surface area (Å²) < 4.78 is 0. The normalized spacial score (nSPS) is 11.7. The van der Waals surface area contributed by atoms with Crippen LogP contribution in [0, 0.1) is 0 Å². The minimum absolute atomic E-state index is 0.0455. The van der Waals surface area contributed by atoms with E-state index >= 15 is 0 Å². The van der Waals surface area contributed by atoms with E-state index in [0.29, 0.717) is 22.5 Å². The zero-order valence-corrected chi connectivity index (χ0v) is 19.7. The molecule has 4 heteroatoms. The minimum Gasteiger partial charge on any atom is -0.322 e. The van der Waals surface area contributed by atoms with Crippen LogP contribution in [0.1, 0.15) is 73.4 Å². The van der Waals surface area contributed by atoms with Crippen LogP contribution in [0.4, 0.5) is 11.4 Å². The van der Waals surface area contributed by atoms with Crippen LogP contribution in [-0.2, 0) is 10.8 Å².